The average Bonchev–Trinajstić information content (AvgIpc) is 2.43. The maximum Gasteiger partial charge on any atom is 0.0502 e. The van der Waals surface area contributed by atoms with Crippen LogP contribution in [0.15, 0.2) is 0 Å². The van der Waals surface area contributed by atoms with E-state index in [0.29, 0.717) is 6.04 Å². The van der Waals surface area contributed by atoms with E-state index in [1.165, 1.54) is 25.9 Å². The van der Waals surface area contributed by atoms with Crippen molar-refractivity contribution in [1.82, 2.24) is 10.2 Å². The zero-order chi connectivity index (χ0) is 13.9. The summed E-state index contributed by atoms with van der Waals surface area (Å²) in [5.74, 6) is 0.721. The third-order valence-electron chi connectivity index (χ3n) is 3.86. The first-order valence-corrected chi connectivity index (χ1v) is 7.79. The molecule has 0 bridgehead atoms. The second-order valence-electron chi connectivity index (χ2n) is 5.56. The van der Waals surface area contributed by atoms with Crippen molar-refractivity contribution in [3.05, 3.63) is 0 Å². The summed E-state index contributed by atoms with van der Waals surface area (Å²) < 4.78 is 10.6. The van der Waals surface area contributed by atoms with Crippen molar-refractivity contribution in [3.8, 4) is 0 Å². The maximum atomic E-state index is 5.33. The molecule has 2 unspecified atom stereocenters. The van der Waals surface area contributed by atoms with Crippen molar-refractivity contribution in [2.45, 2.75) is 39.2 Å². The number of rotatable bonds is 10. The molecule has 0 aromatic heterocycles. The molecule has 1 N–H and O–H groups in total. The highest BCUT2D eigenvalue weighted by atomic mass is 16.5. The molecule has 0 aromatic rings. The standard InChI is InChI=1S/C15H32N2O2/c1-4-19-10-6-8-16-11-14(2)17-9-5-7-15(12-17)13-18-3/h14-16H,4-13H2,1-3H3. The molecule has 4 nitrogen and oxygen atoms in total. The third kappa shape index (κ3) is 7.25. The first kappa shape index (κ1) is 16.9. The monoisotopic (exact) mass is 272 g/mol. The molecule has 1 saturated heterocycles. The first-order chi connectivity index (χ1) is 9.27. The van der Waals surface area contributed by atoms with Gasteiger partial charge in [0.1, 0.15) is 0 Å². The van der Waals surface area contributed by atoms with Gasteiger partial charge >= 0.3 is 0 Å². The molecule has 19 heavy (non-hydrogen) atoms. The van der Waals surface area contributed by atoms with E-state index in [-0.39, 0.29) is 0 Å². The normalized spacial score (nSPS) is 22.6. The number of likely N-dealkylation sites (tertiary alicyclic amines) is 1. The number of hydrogen-bond donors (Lipinski definition) is 1. The Morgan fingerprint density at radius 1 is 1.42 bits per heavy atom. The lowest BCUT2D eigenvalue weighted by Crippen LogP contribution is -2.46. The van der Waals surface area contributed by atoms with Gasteiger partial charge in [-0.25, -0.2) is 0 Å². The topological polar surface area (TPSA) is 33.7 Å². The van der Waals surface area contributed by atoms with E-state index in [2.05, 4.69) is 17.1 Å². The van der Waals surface area contributed by atoms with Gasteiger partial charge in [0.2, 0.25) is 0 Å². The highest BCUT2D eigenvalue weighted by molar-refractivity contribution is 4.78. The van der Waals surface area contributed by atoms with Crippen LogP contribution in [-0.2, 0) is 9.47 Å². The molecule has 0 aliphatic carbocycles. The van der Waals surface area contributed by atoms with Crippen LogP contribution >= 0.6 is 0 Å². The molecule has 1 rings (SSSR count). The van der Waals surface area contributed by atoms with Crippen LogP contribution in [-0.4, -0.2) is 64.1 Å². The van der Waals surface area contributed by atoms with Gasteiger partial charge in [0.15, 0.2) is 0 Å². The molecule has 1 aliphatic rings. The van der Waals surface area contributed by atoms with Crippen molar-refractivity contribution in [3.63, 3.8) is 0 Å². The number of ether oxygens (including phenoxy) is 2. The summed E-state index contributed by atoms with van der Waals surface area (Å²) in [5, 5.41) is 3.54. The summed E-state index contributed by atoms with van der Waals surface area (Å²) in [5.41, 5.74) is 0. The van der Waals surface area contributed by atoms with Crippen LogP contribution < -0.4 is 5.32 Å². The number of piperidine rings is 1. The van der Waals surface area contributed by atoms with Gasteiger partial charge in [-0.15, -0.1) is 0 Å². The molecule has 0 saturated carbocycles. The summed E-state index contributed by atoms with van der Waals surface area (Å²) in [7, 11) is 1.81. The second-order valence-corrected chi connectivity index (χ2v) is 5.56. The van der Waals surface area contributed by atoms with E-state index < -0.39 is 0 Å². The van der Waals surface area contributed by atoms with Crippen molar-refractivity contribution in [1.29, 1.82) is 0 Å². The molecule has 0 spiro atoms. The zero-order valence-corrected chi connectivity index (χ0v) is 13.0. The molecular formula is C15H32N2O2. The van der Waals surface area contributed by atoms with Crippen LogP contribution in [0.1, 0.15) is 33.1 Å². The molecule has 4 heteroatoms. The van der Waals surface area contributed by atoms with Gasteiger partial charge in [-0.2, -0.15) is 0 Å². The van der Waals surface area contributed by atoms with Crippen LogP contribution in [0.2, 0.25) is 0 Å². The van der Waals surface area contributed by atoms with Gasteiger partial charge in [0.25, 0.3) is 0 Å². The fourth-order valence-electron chi connectivity index (χ4n) is 2.75. The molecule has 0 radical (unpaired) electrons. The predicted molar refractivity (Wildman–Crippen MR) is 79.6 cm³/mol. The largest absolute Gasteiger partial charge is 0.384 e. The molecule has 114 valence electrons. The van der Waals surface area contributed by atoms with Crippen LogP contribution in [0.3, 0.4) is 0 Å². The first-order valence-electron chi connectivity index (χ1n) is 7.79. The van der Waals surface area contributed by atoms with Gasteiger partial charge in [-0.1, -0.05) is 0 Å². The lowest BCUT2D eigenvalue weighted by atomic mass is 9.97. The average molecular weight is 272 g/mol. The maximum absolute atomic E-state index is 5.33. The Morgan fingerprint density at radius 2 is 2.26 bits per heavy atom. The van der Waals surface area contributed by atoms with Gasteiger partial charge < -0.3 is 14.8 Å². The third-order valence-corrected chi connectivity index (χ3v) is 3.86. The lowest BCUT2D eigenvalue weighted by molar-refractivity contribution is 0.0718. The Bertz CT molecular complexity index is 212. The molecule has 1 aliphatic heterocycles. The lowest BCUT2D eigenvalue weighted by Gasteiger charge is -2.36. The number of nitrogens with zero attached hydrogens (tertiary/aromatic N) is 1. The van der Waals surface area contributed by atoms with Crippen molar-refractivity contribution >= 4 is 0 Å². The fourth-order valence-corrected chi connectivity index (χ4v) is 2.75. The number of nitrogens with one attached hydrogen (secondary N) is 1. The minimum absolute atomic E-state index is 0.617. The summed E-state index contributed by atoms with van der Waals surface area (Å²) >= 11 is 0. The van der Waals surface area contributed by atoms with Crippen molar-refractivity contribution < 1.29 is 9.47 Å². The van der Waals surface area contributed by atoms with E-state index >= 15 is 0 Å². The Labute approximate surface area is 118 Å². The summed E-state index contributed by atoms with van der Waals surface area (Å²) in [6.07, 6.45) is 3.73. The Hall–Kier alpha value is -0.160. The van der Waals surface area contributed by atoms with E-state index in [1.54, 1.807) is 0 Å². The molecular weight excluding hydrogens is 240 g/mol. The fraction of sp³-hybridized carbons (Fsp3) is 1.00. The minimum atomic E-state index is 0.617. The van der Waals surface area contributed by atoms with Gasteiger partial charge in [0, 0.05) is 39.5 Å². The highest BCUT2D eigenvalue weighted by Gasteiger charge is 2.22. The van der Waals surface area contributed by atoms with Crippen LogP contribution in [0.4, 0.5) is 0 Å². The molecule has 0 amide bonds. The smallest absolute Gasteiger partial charge is 0.0502 e. The van der Waals surface area contributed by atoms with Gasteiger partial charge in [0.05, 0.1) is 6.61 Å². The summed E-state index contributed by atoms with van der Waals surface area (Å²) in [6, 6.07) is 0.617. The van der Waals surface area contributed by atoms with Crippen LogP contribution in [0.25, 0.3) is 0 Å². The van der Waals surface area contributed by atoms with Crippen LogP contribution in [0, 0.1) is 5.92 Å². The quantitative estimate of drug-likeness (QED) is 0.614. The van der Waals surface area contributed by atoms with Gasteiger partial charge in [-0.3, -0.25) is 4.90 Å². The van der Waals surface area contributed by atoms with E-state index in [9.17, 15) is 0 Å². The highest BCUT2D eigenvalue weighted by Crippen LogP contribution is 2.18. The van der Waals surface area contributed by atoms with Gasteiger partial charge in [-0.05, 0) is 52.1 Å². The van der Waals surface area contributed by atoms with E-state index in [4.69, 9.17) is 9.47 Å². The van der Waals surface area contributed by atoms with Crippen molar-refractivity contribution in [2.75, 3.05) is 53.1 Å². The number of methoxy groups -OCH3 is 1. The number of hydrogen-bond acceptors (Lipinski definition) is 4. The summed E-state index contributed by atoms with van der Waals surface area (Å²) in [6.45, 7) is 11.5. The summed E-state index contributed by atoms with van der Waals surface area (Å²) in [4.78, 5) is 2.60. The predicted octanol–water partition coefficient (Wildman–Crippen LogP) is 1.75. The molecule has 1 fully saturated rings. The second kappa shape index (κ2) is 10.6. The minimum Gasteiger partial charge on any atom is -0.384 e. The van der Waals surface area contributed by atoms with E-state index in [0.717, 1.165) is 45.2 Å². The molecule has 2 atom stereocenters. The van der Waals surface area contributed by atoms with Crippen LogP contribution in [0.5, 0.6) is 0 Å². The molecule has 0 aromatic carbocycles. The SMILES string of the molecule is CCOCCCNCC(C)N1CCCC(COC)C1. The Kier molecular flexibility index (Phi) is 9.43. The zero-order valence-electron chi connectivity index (χ0n) is 13.0. The van der Waals surface area contributed by atoms with Crippen molar-refractivity contribution in [2.24, 2.45) is 5.92 Å². The Morgan fingerprint density at radius 3 is 3.00 bits per heavy atom. The molecule has 1 heterocycles. The Balaban J connectivity index is 2.09. The van der Waals surface area contributed by atoms with E-state index in [1.807, 2.05) is 14.0 Å².